The fourth-order valence-electron chi connectivity index (χ4n) is 4.74. The maximum absolute atomic E-state index is 13.3. The molecule has 0 aliphatic carbocycles. The molecule has 8 heteroatoms. The van der Waals surface area contributed by atoms with Gasteiger partial charge in [0, 0.05) is 36.6 Å². The molecule has 192 valence electrons. The van der Waals surface area contributed by atoms with Crippen molar-refractivity contribution in [3.05, 3.63) is 71.3 Å². The third-order valence-corrected chi connectivity index (χ3v) is 6.96. The number of benzene rings is 2. The molecular weight excluding hydrogens is 462 g/mol. The number of imidazole rings is 1. The van der Waals surface area contributed by atoms with E-state index in [1.54, 1.807) is 0 Å². The fourth-order valence-corrected chi connectivity index (χ4v) is 4.74. The lowest BCUT2D eigenvalue weighted by Crippen LogP contribution is -2.37. The fraction of sp³-hybridized carbons (Fsp3) is 0.345. The maximum atomic E-state index is 13.3. The number of nitrogens with zero attached hydrogens (tertiary/aromatic N) is 3. The Morgan fingerprint density at radius 3 is 2.57 bits per heavy atom. The van der Waals surface area contributed by atoms with Crippen LogP contribution in [0.2, 0.25) is 0 Å². The van der Waals surface area contributed by atoms with Crippen LogP contribution in [0.15, 0.2) is 54.6 Å². The Morgan fingerprint density at radius 2 is 1.84 bits per heavy atom. The van der Waals surface area contributed by atoms with E-state index < -0.39 is 0 Å². The summed E-state index contributed by atoms with van der Waals surface area (Å²) < 4.78 is 0. The van der Waals surface area contributed by atoms with Gasteiger partial charge in [0.2, 0.25) is 5.95 Å². The van der Waals surface area contributed by atoms with E-state index in [2.05, 4.69) is 51.6 Å². The number of amides is 1. The summed E-state index contributed by atoms with van der Waals surface area (Å²) in [6, 6.07) is 17.8. The van der Waals surface area contributed by atoms with Crippen LogP contribution in [0.5, 0.6) is 0 Å². The van der Waals surface area contributed by atoms with E-state index in [0.717, 1.165) is 60.7 Å². The second-order valence-corrected chi connectivity index (χ2v) is 10.3. The number of hydrogen-bond acceptors (Lipinski definition) is 6. The van der Waals surface area contributed by atoms with Gasteiger partial charge in [0.25, 0.3) is 5.91 Å². The average molecular weight is 498 g/mol. The zero-order valence-electron chi connectivity index (χ0n) is 21.7. The summed E-state index contributed by atoms with van der Waals surface area (Å²) in [6.45, 7) is 8.68. The number of hydrogen-bond donors (Lipinski definition) is 4. The van der Waals surface area contributed by atoms with Crippen LogP contribution < -0.4 is 16.4 Å². The lowest BCUT2D eigenvalue weighted by Gasteiger charge is -2.32. The molecule has 0 atom stereocenters. The van der Waals surface area contributed by atoms with E-state index in [0.29, 0.717) is 29.0 Å². The highest BCUT2D eigenvalue weighted by Gasteiger charge is 2.25. The smallest absolute Gasteiger partial charge is 0.253 e. The minimum absolute atomic E-state index is 0.0611. The number of nitrogen functional groups attached to an aromatic ring is 1. The third kappa shape index (κ3) is 5.69. The molecule has 5 rings (SSSR count). The number of aromatic nitrogens is 3. The molecule has 5 N–H and O–H groups in total. The van der Waals surface area contributed by atoms with E-state index in [1.165, 1.54) is 5.56 Å². The first-order valence-corrected chi connectivity index (χ1v) is 13.0. The number of aromatic amines is 1. The molecule has 0 bridgehead atoms. The molecule has 1 amide bonds. The minimum atomic E-state index is 0.0611. The number of fused-ring (bicyclic) bond motifs is 1. The van der Waals surface area contributed by atoms with Gasteiger partial charge in [-0.1, -0.05) is 32.0 Å². The lowest BCUT2D eigenvalue weighted by molar-refractivity contribution is 0.0713. The van der Waals surface area contributed by atoms with Gasteiger partial charge < -0.3 is 26.3 Å². The van der Waals surface area contributed by atoms with E-state index >= 15 is 0 Å². The first-order chi connectivity index (χ1) is 17.9. The molecule has 3 heterocycles. The molecule has 0 radical (unpaired) electrons. The van der Waals surface area contributed by atoms with Gasteiger partial charge in [-0.05, 0) is 79.1 Å². The van der Waals surface area contributed by atoms with Crippen molar-refractivity contribution in [3.63, 3.8) is 0 Å². The van der Waals surface area contributed by atoms with Crippen molar-refractivity contribution < 1.29 is 4.79 Å². The molecule has 1 aliphatic heterocycles. The second-order valence-electron chi connectivity index (χ2n) is 10.3. The Bertz CT molecular complexity index is 1390. The van der Waals surface area contributed by atoms with Gasteiger partial charge in [0.1, 0.15) is 5.82 Å². The van der Waals surface area contributed by atoms with Crippen LogP contribution in [0, 0.1) is 12.8 Å². The first-order valence-electron chi connectivity index (χ1n) is 13.0. The van der Waals surface area contributed by atoms with Crippen molar-refractivity contribution in [1.82, 2.24) is 19.9 Å². The van der Waals surface area contributed by atoms with Gasteiger partial charge in [0.05, 0.1) is 5.52 Å². The Hall–Kier alpha value is -4.07. The quantitative estimate of drug-likeness (QED) is 0.244. The second kappa shape index (κ2) is 10.5. The molecule has 8 nitrogen and oxygen atoms in total. The van der Waals surface area contributed by atoms with Crippen molar-refractivity contribution in [2.75, 3.05) is 36.0 Å². The van der Waals surface area contributed by atoms with Crippen molar-refractivity contribution in [2.24, 2.45) is 5.92 Å². The Labute approximate surface area is 217 Å². The van der Waals surface area contributed by atoms with Crippen molar-refractivity contribution in [3.8, 4) is 0 Å². The minimum Gasteiger partial charge on any atom is -0.399 e. The number of nitrogens with one attached hydrogen (secondary N) is 3. The van der Waals surface area contributed by atoms with E-state index in [-0.39, 0.29) is 5.91 Å². The molecule has 4 aromatic rings. The van der Waals surface area contributed by atoms with Crippen LogP contribution in [-0.4, -0.2) is 45.4 Å². The highest BCUT2D eigenvalue weighted by atomic mass is 16.2. The number of likely N-dealkylation sites (tertiary alicyclic amines) is 1. The largest absolute Gasteiger partial charge is 0.399 e. The van der Waals surface area contributed by atoms with Gasteiger partial charge in [0.15, 0.2) is 5.65 Å². The summed E-state index contributed by atoms with van der Waals surface area (Å²) in [5.74, 6) is 2.46. The number of nitrogens with two attached hydrogens (primary N) is 1. The number of pyridine rings is 1. The summed E-state index contributed by atoms with van der Waals surface area (Å²) >= 11 is 0. The number of H-pyrrole nitrogens is 1. The molecule has 1 saturated heterocycles. The van der Waals surface area contributed by atoms with Crippen LogP contribution in [0.4, 0.5) is 23.1 Å². The lowest BCUT2D eigenvalue weighted by atomic mass is 9.89. The van der Waals surface area contributed by atoms with Crippen LogP contribution in [-0.2, 0) is 0 Å². The standard InChI is InChI=1S/C29H35N7O/c1-18(2)17-31-26-11-10-24-27(34-26)35-29(32-24)33-25-16-22(5-4-19(25)3)28(37)36-14-12-21(13-15-36)20-6-8-23(30)9-7-20/h4-11,16,18,21H,12-15,17,30H2,1-3H3,(H3,31,32,33,34,35). The molecule has 1 aliphatic rings. The SMILES string of the molecule is Cc1ccc(C(=O)N2CCC(c3ccc(N)cc3)CC2)cc1Nc1nc2nc(NCC(C)C)ccc2[nH]1. The van der Waals surface area contributed by atoms with E-state index in [4.69, 9.17) is 5.73 Å². The van der Waals surface area contributed by atoms with Crippen LogP contribution in [0.25, 0.3) is 11.2 Å². The van der Waals surface area contributed by atoms with Gasteiger partial charge in [-0.3, -0.25) is 4.79 Å². The molecule has 2 aromatic carbocycles. The Kier molecular flexibility index (Phi) is 6.99. The van der Waals surface area contributed by atoms with Crippen molar-refractivity contribution in [1.29, 1.82) is 0 Å². The summed E-state index contributed by atoms with van der Waals surface area (Å²) in [7, 11) is 0. The van der Waals surface area contributed by atoms with Crippen LogP contribution in [0.1, 0.15) is 54.1 Å². The van der Waals surface area contributed by atoms with Crippen LogP contribution >= 0.6 is 0 Å². The number of anilines is 4. The number of rotatable bonds is 7. The first kappa shape index (κ1) is 24.6. The predicted octanol–water partition coefficient (Wildman–Crippen LogP) is 5.68. The van der Waals surface area contributed by atoms with Gasteiger partial charge in [-0.2, -0.15) is 4.98 Å². The summed E-state index contributed by atoms with van der Waals surface area (Å²) in [5, 5.41) is 6.69. The molecule has 0 spiro atoms. The average Bonchev–Trinajstić information content (AvgIpc) is 3.30. The number of aryl methyl sites for hydroxylation is 1. The topological polar surface area (TPSA) is 112 Å². The maximum Gasteiger partial charge on any atom is 0.253 e. The zero-order valence-corrected chi connectivity index (χ0v) is 21.7. The third-order valence-electron chi connectivity index (χ3n) is 6.96. The molecule has 2 aromatic heterocycles. The highest BCUT2D eigenvalue weighted by Crippen LogP contribution is 2.30. The zero-order chi connectivity index (χ0) is 25.9. The molecule has 0 saturated carbocycles. The van der Waals surface area contributed by atoms with Gasteiger partial charge >= 0.3 is 0 Å². The Balaban J connectivity index is 1.26. The van der Waals surface area contributed by atoms with E-state index in [9.17, 15) is 4.79 Å². The molecular formula is C29H35N7O. The summed E-state index contributed by atoms with van der Waals surface area (Å²) in [5.41, 5.74) is 12.0. The van der Waals surface area contributed by atoms with Crippen molar-refractivity contribution >= 4 is 40.2 Å². The molecule has 1 fully saturated rings. The monoisotopic (exact) mass is 497 g/mol. The normalized spacial score (nSPS) is 14.3. The number of carbonyl (C=O) groups excluding carboxylic acids is 1. The van der Waals surface area contributed by atoms with E-state index in [1.807, 2.05) is 54.3 Å². The summed E-state index contributed by atoms with van der Waals surface area (Å²) in [4.78, 5) is 27.8. The predicted molar refractivity (Wildman–Crippen MR) is 150 cm³/mol. The number of piperidine rings is 1. The number of carbonyl (C=O) groups is 1. The van der Waals surface area contributed by atoms with Gasteiger partial charge in [-0.25, -0.2) is 4.98 Å². The van der Waals surface area contributed by atoms with Gasteiger partial charge in [-0.15, -0.1) is 0 Å². The van der Waals surface area contributed by atoms with Crippen LogP contribution in [0.3, 0.4) is 0 Å². The van der Waals surface area contributed by atoms with Crippen molar-refractivity contribution in [2.45, 2.75) is 39.5 Å². The Morgan fingerprint density at radius 1 is 1.08 bits per heavy atom. The molecule has 0 unspecified atom stereocenters. The molecule has 37 heavy (non-hydrogen) atoms. The summed E-state index contributed by atoms with van der Waals surface area (Å²) in [6.07, 6.45) is 1.90. The highest BCUT2D eigenvalue weighted by molar-refractivity contribution is 5.95.